The van der Waals surface area contributed by atoms with Crippen molar-refractivity contribution >= 4 is 11.6 Å². The zero-order valence-electron chi connectivity index (χ0n) is 13.4. The minimum atomic E-state index is -0.204. The van der Waals surface area contributed by atoms with E-state index in [9.17, 15) is 9.18 Å². The number of morpholine rings is 1. The van der Waals surface area contributed by atoms with Crippen LogP contribution in [0.1, 0.15) is 32.3 Å². The Bertz CT molecular complexity index is 499. The van der Waals surface area contributed by atoms with E-state index in [-0.39, 0.29) is 17.8 Å². The Kier molecular flexibility index (Phi) is 6.19. The van der Waals surface area contributed by atoms with Crippen molar-refractivity contribution in [3.63, 3.8) is 0 Å². The molecule has 0 saturated carbocycles. The molecule has 5 heteroatoms. The van der Waals surface area contributed by atoms with Gasteiger partial charge in [0.05, 0.1) is 13.2 Å². The molecule has 0 radical (unpaired) electrons. The molecule has 1 aromatic rings. The molecule has 122 valence electrons. The molecule has 0 aliphatic carbocycles. The first-order valence-corrected chi connectivity index (χ1v) is 7.97. The van der Waals surface area contributed by atoms with Crippen molar-refractivity contribution in [1.29, 1.82) is 0 Å². The van der Waals surface area contributed by atoms with Gasteiger partial charge in [-0.15, -0.1) is 0 Å². The summed E-state index contributed by atoms with van der Waals surface area (Å²) in [6, 6.07) is 5.50. The monoisotopic (exact) mass is 308 g/mol. The Morgan fingerprint density at radius 1 is 1.36 bits per heavy atom. The summed E-state index contributed by atoms with van der Waals surface area (Å²) in [6.07, 6.45) is 1.72. The minimum absolute atomic E-state index is 0.141. The van der Waals surface area contributed by atoms with E-state index < -0.39 is 0 Å². The molecule has 4 nitrogen and oxygen atoms in total. The normalized spacial score (nSPS) is 15.2. The number of aryl methyl sites for hydroxylation is 1. The van der Waals surface area contributed by atoms with Gasteiger partial charge >= 0.3 is 0 Å². The van der Waals surface area contributed by atoms with Crippen molar-refractivity contribution in [2.45, 2.75) is 39.2 Å². The first kappa shape index (κ1) is 16.7. The quantitative estimate of drug-likeness (QED) is 0.878. The summed E-state index contributed by atoms with van der Waals surface area (Å²) < 4.78 is 19.3. The Morgan fingerprint density at radius 3 is 2.73 bits per heavy atom. The van der Waals surface area contributed by atoms with Gasteiger partial charge in [0, 0.05) is 31.2 Å². The lowest BCUT2D eigenvalue weighted by atomic mass is 10.1. The molecule has 1 heterocycles. The van der Waals surface area contributed by atoms with E-state index in [0.29, 0.717) is 51.1 Å². The van der Waals surface area contributed by atoms with Crippen LogP contribution in [0.15, 0.2) is 18.2 Å². The lowest BCUT2D eigenvalue weighted by Gasteiger charge is -2.26. The van der Waals surface area contributed by atoms with Gasteiger partial charge in [-0.2, -0.15) is 0 Å². The highest BCUT2D eigenvalue weighted by Gasteiger charge is 2.16. The summed E-state index contributed by atoms with van der Waals surface area (Å²) in [5, 5.41) is 3.18. The van der Waals surface area contributed by atoms with Crippen LogP contribution in [0, 0.1) is 5.82 Å². The molecule has 2 rings (SSSR count). The summed E-state index contributed by atoms with van der Waals surface area (Å²) in [7, 11) is 0. The molecule has 1 aliphatic heterocycles. The van der Waals surface area contributed by atoms with Crippen LogP contribution >= 0.6 is 0 Å². The number of anilines is 1. The van der Waals surface area contributed by atoms with Crippen molar-refractivity contribution < 1.29 is 13.9 Å². The number of carbonyl (C=O) groups is 1. The average molecular weight is 308 g/mol. The predicted octanol–water partition coefficient (Wildman–Crippen LogP) is 2.83. The summed E-state index contributed by atoms with van der Waals surface area (Å²) in [5.41, 5.74) is 1.46. The summed E-state index contributed by atoms with van der Waals surface area (Å²) in [5.74, 6) is -0.0636. The van der Waals surface area contributed by atoms with Gasteiger partial charge in [-0.05, 0) is 44.4 Å². The fourth-order valence-electron chi connectivity index (χ4n) is 2.57. The highest BCUT2D eigenvalue weighted by atomic mass is 19.1. The van der Waals surface area contributed by atoms with Gasteiger partial charge in [0.15, 0.2) is 0 Å². The van der Waals surface area contributed by atoms with Crippen LogP contribution in [-0.4, -0.2) is 43.2 Å². The van der Waals surface area contributed by atoms with Crippen LogP contribution in [0.25, 0.3) is 0 Å². The number of nitrogens with zero attached hydrogens (tertiary/aromatic N) is 1. The first-order chi connectivity index (χ1) is 10.6. The molecule has 1 aliphatic rings. The smallest absolute Gasteiger partial charge is 0.222 e. The van der Waals surface area contributed by atoms with Crippen LogP contribution in [0.4, 0.5) is 10.1 Å². The number of carbonyl (C=O) groups excluding carboxylic acids is 1. The van der Waals surface area contributed by atoms with Crippen LogP contribution < -0.4 is 5.32 Å². The lowest BCUT2D eigenvalue weighted by molar-refractivity contribution is -0.135. The maximum atomic E-state index is 14.0. The van der Waals surface area contributed by atoms with Crippen molar-refractivity contribution in [3.8, 4) is 0 Å². The van der Waals surface area contributed by atoms with Crippen molar-refractivity contribution in [2.24, 2.45) is 0 Å². The highest BCUT2D eigenvalue weighted by Crippen LogP contribution is 2.17. The van der Waals surface area contributed by atoms with Crippen molar-refractivity contribution in [3.05, 3.63) is 29.6 Å². The second kappa shape index (κ2) is 8.13. The van der Waals surface area contributed by atoms with Gasteiger partial charge in [-0.3, -0.25) is 4.79 Å². The van der Waals surface area contributed by atoms with E-state index >= 15 is 0 Å². The number of benzene rings is 1. The number of hydrogen-bond donors (Lipinski definition) is 1. The molecule has 0 bridgehead atoms. The Morgan fingerprint density at radius 2 is 2.09 bits per heavy atom. The zero-order valence-corrected chi connectivity index (χ0v) is 13.4. The van der Waals surface area contributed by atoms with Gasteiger partial charge in [0.1, 0.15) is 5.82 Å². The minimum Gasteiger partial charge on any atom is -0.383 e. The third-order valence-corrected chi connectivity index (χ3v) is 3.71. The van der Waals surface area contributed by atoms with Crippen LogP contribution in [0.2, 0.25) is 0 Å². The first-order valence-electron chi connectivity index (χ1n) is 7.97. The SMILES string of the molecule is CC(C)Nc1ccc(CCCC(=O)N2CCOCC2)c(F)c1. The second-order valence-corrected chi connectivity index (χ2v) is 5.95. The Balaban J connectivity index is 1.80. The molecule has 0 spiro atoms. The summed E-state index contributed by atoms with van der Waals surface area (Å²) in [4.78, 5) is 13.8. The second-order valence-electron chi connectivity index (χ2n) is 5.95. The molecule has 1 amide bonds. The molecule has 0 atom stereocenters. The largest absolute Gasteiger partial charge is 0.383 e. The highest BCUT2D eigenvalue weighted by molar-refractivity contribution is 5.76. The number of halogens is 1. The van der Waals surface area contributed by atoms with E-state index in [2.05, 4.69) is 5.32 Å². The van der Waals surface area contributed by atoms with Gasteiger partial charge in [0.2, 0.25) is 5.91 Å². The van der Waals surface area contributed by atoms with E-state index in [1.807, 2.05) is 24.8 Å². The topological polar surface area (TPSA) is 41.6 Å². The average Bonchev–Trinajstić information content (AvgIpc) is 2.49. The molecular formula is C17H25FN2O2. The van der Waals surface area contributed by atoms with Crippen molar-refractivity contribution in [1.82, 2.24) is 4.90 Å². The summed E-state index contributed by atoms with van der Waals surface area (Å²) in [6.45, 7) is 6.60. The predicted molar refractivity (Wildman–Crippen MR) is 85.5 cm³/mol. The van der Waals surface area contributed by atoms with E-state index in [0.717, 1.165) is 5.69 Å². The molecule has 1 fully saturated rings. The molecule has 22 heavy (non-hydrogen) atoms. The third kappa shape index (κ3) is 4.98. The van der Waals surface area contributed by atoms with Gasteiger partial charge in [-0.25, -0.2) is 4.39 Å². The van der Waals surface area contributed by atoms with Crippen LogP contribution in [0.5, 0.6) is 0 Å². The van der Waals surface area contributed by atoms with E-state index in [1.54, 1.807) is 6.07 Å². The number of ether oxygens (including phenoxy) is 1. The fraction of sp³-hybridized carbons (Fsp3) is 0.588. The standard InChI is InChI=1S/C17H25FN2O2/c1-13(2)19-15-7-6-14(16(18)12-15)4-3-5-17(21)20-8-10-22-11-9-20/h6-7,12-13,19H,3-5,8-11H2,1-2H3. The number of amides is 1. The van der Waals surface area contributed by atoms with E-state index in [4.69, 9.17) is 4.74 Å². The summed E-state index contributed by atoms with van der Waals surface area (Å²) >= 11 is 0. The Hall–Kier alpha value is -1.62. The van der Waals surface area contributed by atoms with Gasteiger partial charge < -0.3 is 15.0 Å². The molecule has 1 saturated heterocycles. The molecular weight excluding hydrogens is 283 g/mol. The zero-order chi connectivity index (χ0) is 15.9. The Labute approximate surface area is 131 Å². The third-order valence-electron chi connectivity index (χ3n) is 3.71. The fourth-order valence-corrected chi connectivity index (χ4v) is 2.57. The lowest BCUT2D eigenvalue weighted by Crippen LogP contribution is -2.40. The number of rotatable bonds is 6. The van der Waals surface area contributed by atoms with Crippen LogP contribution in [-0.2, 0) is 16.0 Å². The number of nitrogens with one attached hydrogen (secondary N) is 1. The molecule has 0 aromatic heterocycles. The van der Waals surface area contributed by atoms with Gasteiger partial charge in [0.25, 0.3) is 0 Å². The molecule has 0 unspecified atom stereocenters. The number of hydrogen-bond acceptors (Lipinski definition) is 3. The van der Waals surface area contributed by atoms with Crippen molar-refractivity contribution in [2.75, 3.05) is 31.6 Å². The van der Waals surface area contributed by atoms with Crippen LogP contribution in [0.3, 0.4) is 0 Å². The maximum Gasteiger partial charge on any atom is 0.222 e. The molecule has 1 aromatic carbocycles. The van der Waals surface area contributed by atoms with Gasteiger partial charge in [-0.1, -0.05) is 6.07 Å². The molecule has 1 N–H and O–H groups in total. The van der Waals surface area contributed by atoms with E-state index in [1.165, 1.54) is 6.07 Å². The maximum absolute atomic E-state index is 14.0.